The minimum Gasteiger partial charge on any atom is -0.484 e. The Morgan fingerprint density at radius 3 is 2.63 bits per heavy atom. The number of benzene rings is 3. The lowest BCUT2D eigenvalue weighted by Crippen LogP contribution is -2.20. The topological polar surface area (TPSA) is 64.4 Å². The molecule has 3 aromatic carbocycles. The van der Waals surface area contributed by atoms with E-state index in [1.165, 1.54) is 0 Å². The van der Waals surface area contributed by atoms with Gasteiger partial charge in [0.2, 0.25) is 5.89 Å². The summed E-state index contributed by atoms with van der Waals surface area (Å²) in [6.45, 7) is -0.0661. The van der Waals surface area contributed by atoms with Crippen molar-refractivity contribution in [3.05, 3.63) is 77.3 Å². The molecule has 0 saturated heterocycles. The van der Waals surface area contributed by atoms with Gasteiger partial charge in [0.25, 0.3) is 5.91 Å². The predicted octanol–water partition coefficient (Wildman–Crippen LogP) is 5.27. The van der Waals surface area contributed by atoms with Crippen LogP contribution in [0, 0.1) is 0 Å². The number of amides is 1. The van der Waals surface area contributed by atoms with Gasteiger partial charge in [-0.15, -0.1) is 0 Å². The summed E-state index contributed by atoms with van der Waals surface area (Å²) in [7, 11) is 0. The Hall–Kier alpha value is -3.12. The van der Waals surface area contributed by atoms with Crippen molar-refractivity contribution in [1.29, 1.82) is 0 Å². The van der Waals surface area contributed by atoms with Crippen LogP contribution in [0.2, 0.25) is 0 Å². The lowest BCUT2D eigenvalue weighted by Gasteiger charge is -2.08. The van der Waals surface area contributed by atoms with Crippen molar-refractivity contribution < 1.29 is 13.9 Å². The molecule has 1 amide bonds. The van der Waals surface area contributed by atoms with Crippen molar-refractivity contribution in [2.45, 2.75) is 0 Å². The zero-order valence-corrected chi connectivity index (χ0v) is 15.8. The van der Waals surface area contributed by atoms with Gasteiger partial charge in [0.1, 0.15) is 11.3 Å². The van der Waals surface area contributed by atoms with Crippen molar-refractivity contribution in [3.8, 4) is 17.2 Å². The van der Waals surface area contributed by atoms with E-state index in [4.69, 9.17) is 9.15 Å². The normalized spacial score (nSPS) is 10.7. The Labute approximate surface area is 164 Å². The standard InChI is InChI=1S/C21H15BrN2O3/c22-15-4-3-5-17(12-15)26-13-20(25)23-16-10-8-14(9-11-16)21-24-18-6-1-2-7-19(18)27-21/h1-12H,13H2,(H,23,25). The molecule has 5 nitrogen and oxygen atoms in total. The van der Waals surface area contributed by atoms with Gasteiger partial charge in [-0.25, -0.2) is 4.98 Å². The quantitative estimate of drug-likeness (QED) is 0.475. The summed E-state index contributed by atoms with van der Waals surface area (Å²) in [5, 5.41) is 2.81. The van der Waals surface area contributed by atoms with Gasteiger partial charge in [-0.1, -0.05) is 34.1 Å². The number of ether oxygens (including phenoxy) is 1. The first-order chi connectivity index (χ1) is 13.2. The number of hydrogen-bond donors (Lipinski definition) is 1. The number of halogens is 1. The van der Waals surface area contributed by atoms with Crippen LogP contribution in [0.1, 0.15) is 0 Å². The number of rotatable bonds is 5. The highest BCUT2D eigenvalue weighted by molar-refractivity contribution is 9.10. The van der Waals surface area contributed by atoms with Crippen LogP contribution < -0.4 is 10.1 Å². The third-order valence-electron chi connectivity index (χ3n) is 3.88. The Bertz CT molecular complexity index is 1060. The molecule has 0 aliphatic heterocycles. The highest BCUT2D eigenvalue weighted by Gasteiger charge is 2.09. The lowest BCUT2D eigenvalue weighted by molar-refractivity contribution is -0.118. The maximum Gasteiger partial charge on any atom is 0.262 e. The van der Waals surface area contributed by atoms with E-state index in [-0.39, 0.29) is 12.5 Å². The van der Waals surface area contributed by atoms with Gasteiger partial charge >= 0.3 is 0 Å². The molecule has 27 heavy (non-hydrogen) atoms. The third-order valence-corrected chi connectivity index (χ3v) is 4.37. The first-order valence-electron chi connectivity index (χ1n) is 8.32. The molecule has 6 heteroatoms. The molecule has 0 unspecified atom stereocenters. The van der Waals surface area contributed by atoms with E-state index in [1.807, 2.05) is 54.6 Å². The molecule has 4 aromatic rings. The number of anilines is 1. The number of fused-ring (bicyclic) bond motifs is 1. The third kappa shape index (κ3) is 4.17. The van der Waals surface area contributed by atoms with Gasteiger partial charge in [0.05, 0.1) is 0 Å². The highest BCUT2D eigenvalue weighted by Crippen LogP contribution is 2.25. The lowest BCUT2D eigenvalue weighted by atomic mass is 10.2. The average molecular weight is 423 g/mol. The van der Waals surface area contributed by atoms with Crippen LogP contribution in [0.3, 0.4) is 0 Å². The van der Waals surface area contributed by atoms with E-state index in [9.17, 15) is 4.79 Å². The van der Waals surface area contributed by atoms with Crippen LogP contribution in [-0.2, 0) is 4.79 Å². The van der Waals surface area contributed by atoms with Crippen LogP contribution in [-0.4, -0.2) is 17.5 Å². The maximum atomic E-state index is 12.1. The number of carbonyl (C=O) groups excluding carboxylic acids is 1. The molecule has 1 N–H and O–H groups in total. The summed E-state index contributed by atoms with van der Waals surface area (Å²) in [5.74, 6) is 0.947. The van der Waals surface area contributed by atoms with Gasteiger partial charge < -0.3 is 14.5 Å². The summed E-state index contributed by atoms with van der Waals surface area (Å²) < 4.78 is 12.1. The fraction of sp³-hybridized carbons (Fsp3) is 0.0476. The van der Waals surface area contributed by atoms with Gasteiger partial charge in [-0.2, -0.15) is 0 Å². The SMILES string of the molecule is O=C(COc1cccc(Br)c1)Nc1ccc(-c2nc3ccccc3o2)cc1. The number of hydrogen-bond acceptors (Lipinski definition) is 4. The second-order valence-electron chi connectivity index (χ2n) is 5.86. The van der Waals surface area contributed by atoms with Crippen LogP contribution in [0.15, 0.2) is 81.7 Å². The predicted molar refractivity (Wildman–Crippen MR) is 108 cm³/mol. The first kappa shape index (κ1) is 17.3. The molecule has 0 spiro atoms. The van der Waals surface area contributed by atoms with Crippen molar-refractivity contribution in [3.63, 3.8) is 0 Å². The van der Waals surface area contributed by atoms with E-state index >= 15 is 0 Å². The Balaban J connectivity index is 1.39. The fourth-order valence-electron chi connectivity index (χ4n) is 2.59. The van der Waals surface area contributed by atoms with Crippen LogP contribution in [0.5, 0.6) is 5.75 Å². The summed E-state index contributed by atoms with van der Waals surface area (Å²) in [4.78, 5) is 16.5. The molecule has 1 aromatic heterocycles. The van der Waals surface area contributed by atoms with E-state index in [2.05, 4.69) is 26.2 Å². The average Bonchev–Trinajstić information content (AvgIpc) is 3.11. The molecule has 0 aliphatic carbocycles. The zero-order valence-electron chi connectivity index (χ0n) is 14.2. The molecule has 0 saturated carbocycles. The number of aromatic nitrogens is 1. The first-order valence-corrected chi connectivity index (χ1v) is 9.11. The number of nitrogens with zero attached hydrogens (tertiary/aromatic N) is 1. The van der Waals surface area contributed by atoms with E-state index in [0.29, 0.717) is 17.3 Å². The van der Waals surface area contributed by atoms with Crippen molar-refractivity contribution in [2.24, 2.45) is 0 Å². The number of carbonyl (C=O) groups is 1. The Morgan fingerprint density at radius 1 is 1.04 bits per heavy atom. The number of para-hydroxylation sites is 2. The minimum absolute atomic E-state index is 0.0661. The highest BCUT2D eigenvalue weighted by atomic mass is 79.9. The minimum atomic E-state index is -0.232. The molecule has 0 atom stereocenters. The smallest absolute Gasteiger partial charge is 0.262 e. The van der Waals surface area contributed by atoms with Crippen molar-refractivity contribution in [2.75, 3.05) is 11.9 Å². The number of oxazole rings is 1. The van der Waals surface area contributed by atoms with Gasteiger partial charge in [0.15, 0.2) is 12.2 Å². The summed E-state index contributed by atoms with van der Waals surface area (Å²) in [6.07, 6.45) is 0. The molecular formula is C21H15BrN2O3. The maximum absolute atomic E-state index is 12.1. The van der Waals surface area contributed by atoms with Gasteiger partial charge in [-0.3, -0.25) is 4.79 Å². The summed E-state index contributed by atoms with van der Waals surface area (Å²) >= 11 is 3.37. The van der Waals surface area contributed by atoms with Crippen molar-refractivity contribution >= 4 is 38.6 Å². The van der Waals surface area contributed by atoms with Gasteiger partial charge in [-0.05, 0) is 54.6 Å². The second kappa shape index (κ2) is 7.63. The van der Waals surface area contributed by atoms with E-state index < -0.39 is 0 Å². The molecule has 0 radical (unpaired) electrons. The molecule has 0 bridgehead atoms. The zero-order chi connectivity index (χ0) is 18.6. The fourth-order valence-corrected chi connectivity index (χ4v) is 2.97. The summed E-state index contributed by atoms with van der Waals surface area (Å²) in [6, 6.07) is 22.3. The van der Waals surface area contributed by atoms with Crippen LogP contribution in [0.4, 0.5) is 5.69 Å². The van der Waals surface area contributed by atoms with E-state index in [1.54, 1.807) is 18.2 Å². The monoisotopic (exact) mass is 422 g/mol. The Kier molecular flexibility index (Phi) is 4.89. The second-order valence-corrected chi connectivity index (χ2v) is 6.77. The molecule has 0 aliphatic rings. The van der Waals surface area contributed by atoms with E-state index in [0.717, 1.165) is 21.1 Å². The molecule has 1 heterocycles. The van der Waals surface area contributed by atoms with Crippen LogP contribution >= 0.6 is 15.9 Å². The number of nitrogens with one attached hydrogen (secondary N) is 1. The molecule has 0 fully saturated rings. The largest absolute Gasteiger partial charge is 0.484 e. The molecular weight excluding hydrogens is 408 g/mol. The van der Waals surface area contributed by atoms with Crippen molar-refractivity contribution in [1.82, 2.24) is 4.98 Å². The molecule has 134 valence electrons. The Morgan fingerprint density at radius 2 is 1.85 bits per heavy atom. The van der Waals surface area contributed by atoms with Crippen LogP contribution in [0.25, 0.3) is 22.6 Å². The summed E-state index contributed by atoms with van der Waals surface area (Å²) in [5.41, 5.74) is 3.08. The van der Waals surface area contributed by atoms with Gasteiger partial charge in [0, 0.05) is 15.7 Å². The molecule has 4 rings (SSSR count).